The second kappa shape index (κ2) is 7.37. The molecule has 1 aliphatic rings. The van der Waals surface area contributed by atoms with Crippen LogP contribution in [-0.2, 0) is 6.54 Å². The lowest BCUT2D eigenvalue weighted by Crippen LogP contribution is -2.19. The van der Waals surface area contributed by atoms with E-state index in [1.165, 1.54) is 16.5 Å². The summed E-state index contributed by atoms with van der Waals surface area (Å²) < 4.78 is 6.04. The summed E-state index contributed by atoms with van der Waals surface area (Å²) in [6, 6.07) is 16.7. The molecule has 2 aromatic carbocycles. The van der Waals surface area contributed by atoms with Crippen molar-refractivity contribution < 1.29 is 4.42 Å². The van der Waals surface area contributed by atoms with Crippen LogP contribution < -0.4 is 4.90 Å². The van der Waals surface area contributed by atoms with Crippen molar-refractivity contribution in [2.75, 3.05) is 32.1 Å². The summed E-state index contributed by atoms with van der Waals surface area (Å²) in [4.78, 5) is 7.91. The molecule has 4 aromatic rings. The molecule has 1 aliphatic heterocycles. The highest BCUT2D eigenvalue weighted by molar-refractivity contribution is 5.82. The number of rotatable bonds is 5. The van der Waals surface area contributed by atoms with Crippen LogP contribution in [0.3, 0.4) is 0 Å². The number of aromatic nitrogens is 3. The normalized spacial score (nSPS) is 17.2. The van der Waals surface area contributed by atoms with Crippen molar-refractivity contribution in [1.82, 2.24) is 20.1 Å². The molecule has 3 heterocycles. The van der Waals surface area contributed by atoms with Crippen molar-refractivity contribution in [3.8, 4) is 11.5 Å². The number of anilines is 1. The van der Waals surface area contributed by atoms with Gasteiger partial charge in [-0.05, 0) is 48.9 Å². The zero-order chi connectivity index (χ0) is 19.8. The molecule has 0 bridgehead atoms. The van der Waals surface area contributed by atoms with Crippen LogP contribution in [-0.4, -0.2) is 47.3 Å². The van der Waals surface area contributed by atoms with Crippen LogP contribution in [0.4, 0.5) is 5.69 Å². The van der Waals surface area contributed by atoms with Gasteiger partial charge < -0.3 is 14.3 Å². The number of H-pyrrole nitrogens is 1. The molecule has 6 heteroatoms. The first-order valence-corrected chi connectivity index (χ1v) is 10.1. The zero-order valence-corrected chi connectivity index (χ0v) is 16.8. The molecule has 0 radical (unpaired) electrons. The first-order chi connectivity index (χ1) is 14.2. The summed E-state index contributed by atoms with van der Waals surface area (Å²) in [6.45, 7) is 2.92. The highest BCUT2D eigenvalue weighted by Crippen LogP contribution is 2.31. The zero-order valence-electron chi connectivity index (χ0n) is 16.8. The van der Waals surface area contributed by atoms with Crippen LogP contribution in [0, 0.1) is 0 Å². The summed E-state index contributed by atoms with van der Waals surface area (Å²) in [5, 5.41) is 9.95. The summed E-state index contributed by atoms with van der Waals surface area (Å²) in [5.41, 5.74) is 4.65. The van der Waals surface area contributed by atoms with E-state index in [0.717, 1.165) is 43.2 Å². The Labute approximate surface area is 170 Å². The fraction of sp³-hybridized carbons (Fsp3) is 0.304. The molecule has 0 amide bonds. The number of nitrogens with one attached hydrogen (secondary N) is 1. The molecule has 1 saturated heterocycles. The van der Waals surface area contributed by atoms with Gasteiger partial charge in [-0.15, -0.1) is 10.2 Å². The first-order valence-electron chi connectivity index (χ1n) is 10.1. The van der Waals surface area contributed by atoms with E-state index < -0.39 is 0 Å². The Bertz CT molecular complexity index is 1110. The predicted molar refractivity (Wildman–Crippen MR) is 115 cm³/mol. The molecule has 0 unspecified atom stereocenters. The highest BCUT2D eigenvalue weighted by Gasteiger charge is 2.28. The maximum absolute atomic E-state index is 6.04. The molecule has 1 N–H and O–H groups in total. The molecule has 0 spiro atoms. The number of fused-ring (bicyclic) bond motifs is 1. The van der Waals surface area contributed by atoms with Crippen LogP contribution in [0.2, 0.25) is 0 Å². The molecule has 2 aromatic heterocycles. The Hall–Kier alpha value is -3.12. The molecule has 148 valence electrons. The van der Waals surface area contributed by atoms with Crippen LogP contribution >= 0.6 is 0 Å². The van der Waals surface area contributed by atoms with Gasteiger partial charge in [0, 0.05) is 55.5 Å². The van der Waals surface area contributed by atoms with Crippen LogP contribution in [0.5, 0.6) is 0 Å². The van der Waals surface area contributed by atoms with E-state index in [-0.39, 0.29) is 0 Å². The minimum Gasteiger partial charge on any atom is -0.420 e. The highest BCUT2D eigenvalue weighted by atomic mass is 16.4. The summed E-state index contributed by atoms with van der Waals surface area (Å²) in [6.07, 6.45) is 3.17. The first kappa shape index (κ1) is 17.9. The smallest absolute Gasteiger partial charge is 0.247 e. The molecule has 0 saturated carbocycles. The monoisotopic (exact) mass is 387 g/mol. The Morgan fingerprint density at radius 3 is 2.76 bits per heavy atom. The molecule has 1 fully saturated rings. The van der Waals surface area contributed by atoms with Gasteiger partial charge in [-0.25, -0.2) is 0 Å². The third kappa shape index (κ3) is 3.51. The lowest BCUT2D eigenvalue weighted by molar-refractivity contribution is 0.321. The van der Waals surface area contributed by atoms with Gasteiger partial charge in [0.1, 0.15) is 0 Å². The lowest BCUT2D eigenvalue weighted by atomic mass is 10.1. The van der Waals surface area contributed by atoms with Crippen LogP contribution in [0.1, 0.15) is 23.8 Å². The second-order valence-corrected chi connectivity index (χ2v) is 7.97. The average Bonchev–Trinajstić information content (AvgIpc) is 3.48. The van der Waals surface area contributed by atoms with Crippen LogP contribution in [0.15, 0.2) is 59.1 Å². The number of aromatic amines is 1. The Morgan fingerprint density at radius 2 is 1.93 bits per heavy atom. The SMILES string of the molecule is CN(C)c1ccc(-c2nnc([C@H]3CCN(Cc4c[nH]c5ccccc45)C3)o2)cc1. The molecule has 1 atom stereocenters. The number of para-hydroxylation sites is 1. The Morgan fingerprint density at radius 1 is 1.10 bits per heavy atom. The molecule has 5 rings (SSSR count). The number of hydrogen-bond acceptors (Lipinski definition) is 5. The van der Waals surface area contributed by atoms with Crippen molar-refractivity contribution in [2.24, 2.45) is 0 Å². The van der Waals surface area contributed by atoms with Gasteiger partial charge in [-0.1, -0.05) is 18.2 Å². The summed E-state index contributed by atoms with van der Waals surface area (Å²) in [5.74, 6) is 1.64. The number of benzene rings is 2. The van der Waals surface area contributed by atoms with Crippen molar-refractivity contribution >= 4 is 16.6 Å². The van der Waals surface area contributed by atoms with Gasteiger partial charge in [-0.3, -0.25) is 4.90 Å². The van der Waals surface area contributed by atoms with E-state index in [1.807, 2.05) is 26.2 Å². The van der Waals surface area contributed by atoms with E-state index in [9.17, 15) is 0 Å². The van der Waals surface area contributed by atoms with E-state index in [0.29, 0.717) is 11.8 Å². The summed E-state index contributed by atoms with van der Waals surface area (Å²) in [7, 11) is 4.06. The Kier molecular flexibility index (Phi) is 4.56. The van der Waals surface area contributed by atoms with Gasteiger partial charge in [0.15, 0.2) is 0 Å². The molecular formula is C23H25N5O. The van der Waals surface area contributed by atoms with Crippen molar-refractivity contribution in [3.05, 3.63) is 66.2 Å². The molecule has 29 heavy (non-hydrogen) atoms. The minimum atomic E-state index is 0.294. The second-order valence-electron chi connectivity index (χ2n) is 7.97. The van der Waals surface area contributed by atoms with Gasteiger partial charge >= 0.3 is 0 Å². The fourth-order valence-corrected chi connectivity index (χ4v) is 4.10. The maximum atomic E-state index is 6.04. The van der Waals surface area contributed by atoms with E-state index in [2.05, 4.69) is 67.6 Å². The standard InChI is InChI=1S/C23H25N5O/c1-27(2)19-9-7-16(8-10-19)22-25-26-23(29-22)17-11-12-28(14-17)15-18-13-24-21-6-4-3-5-20(18)21/h3-10,13,17,24H,11-12,14-15H2,1-2H3/t17-/m0/s1. The minimum absolute atomic E-state index is 0.294. The summed E-state index contributed by atoms with van der Waals surface area (Å²) >= 11 is 0. The molecule has 0 aliphatic carbocycles. The van der Waals surface area contributed by atoms with Gasteiger partial charge in [0.05, 0.1) is 5.92 Å². The average molecular weight is 387 g/mol. The fourth-order valence-electron chi connectivity index (χ4n) is 4.10. The van der Waals surface area contributed by atoms with Crippen molar-refractivity contribution in [2.45, 2.75) is 18.9 Å². The largest absolute Gasteiger partial charge is 0.420 e. The number of hydrogen-bond donors (Lipinski definition) is 1. The van der Waals surface area contributed by atoms with E-state index in [1.54, 1.807) is 0 Å². The third-order valence-corrected chi connectivity index (χ3v) is 5.76. The topological polar surface area (TPSA) is 61.2 Å². The number of nitrogens with zero attached hydrogens (tertiary/aromatic N) is 4. The van der Waals surface area contributed by atoms with E-state index >= 15 is 0 Å². The van der Waals surface area contributed by atoms with E-state index in [4.69, 9.17) is 4.42 Å². The quantitative estimate of drug-likeness (QED) is 0.554. The molecular weight excluding hydrogens is 362 g/mol. The predicted octanol–water partition coefficient (Wildman–Crippen LogP) is 4.27. The third-order valence-electron chi connectivity index (χ3n) is 5.76. The maximum Gasteiger partial charge on any atom is 0.247 e. The Balaban J connectivity index is 1.27. The lowest BCUT2D eigenvalue weighted by Gasteiger charge is -2.14. The molecule has 6 nitrogen and oxygen atoms in total. The van der Waals surface area contributed by atoms with Crippen molar-refractivity contribution in [1.29, 1.82) is 0 Å². The van der Waals surface area contributed by atoms with Gasteiger partial charge in [0.25, 0.3) is 0 Å². The van der Waals surface area contributed by atoms with Crippen molar-refractivity contribution in [3.63, 3.8) is 0 Å². The van der Waals surface area contributed by atoms with Gasteiger partial charge in [0.2, 0.25) is 11.8 Å². The van der Waals surface area contributed by atoms with Gasteiger partial charge in [-0.2, -0.15) is 0 Å². The number of likely N-dealkylation sites (tertiary alicyclic amines) is 1. The van der Waals surface area contributed by atoms with Crippen LogP contribution in [0.25, 0.3) is 22.4 Å².